The summed E-state index contributed by atoms with van der Waals surface area (Å²) < 4.78 is 0. The monoisotopic (exact) mass is 317 g/mol. The molecule has 1 fully saturated rings. The van der Waals surface area contributed by atoms with Crippen molar-refractivity contribution >= 4 is 34.0 Å². The largest absolute Gasteiger partial charge is 0.477 e. The minimum absolute atomic E-state index is 0.0251. The SMILES string of the molecule is Nc1ccc(-c2nc(NC(=O)C3CCC3)sc2C(=O)O)cc1. The lowest BCUT2D eigenvalue weighted by molar-refractivity contribution is -0.122. The van der Waals surface area contributed by atoms with Crippen LogP contribution in [0.15, 0.2) is 24.3 Å². The van der Waals surface area contributed by atoms with E-state index in [-0.39, 0.29) is 16.7 Å². The van der Waals surface area contributed by atoms with Gasteiger partial charge in [-0.25, -0.2) is 9.78 Å². The van der Waals surface area contributed by atoms with E-state index in [0.29, 0.717) is 22.1 Å². The van der Waals surface area contributed by atoms with Crippen molar-refractivity contribution < 1.29 is 14.7 Å². The highest BCUT2D eigenvalue weighted by molar-refractivity contribution is 7.18. The highest BCUT2D eigenvalue weighted by Crippen LogP contribution is 2.33. The smallest absolute Gasteiger partial charge is 0.348 e. The van der Waals surface area contributed by atoms with Crippen LogP contribution in [0.2, 0.25) is 0 Å². The molecular formula is C15H15N3O3S. The van der Waals surface area contributed by atoms with Gasteiger partial charge in [-0.2, -0.15) is 0 Å². The highest BCUT2D eigenvalue weighted by atomic mass is 32.1. The molecule has 0 unspecified atom stereocenters. The van der Waals surface area contributed by atoms with Crippen LogP contribution >= 0.6 is 11.3 Å². The van der Waals surface area contributed by atoms with Crippen molar-refractivity contribution in [3.63, 3.8) is 0 Å². The van der Waals surface area contributed by atoms with E-state index in [4.69, 9.17) is 5.73 Å². The van der Waals surface area contributed by atoms with Gasteiger partial charge < -0.3 is 16.2 Å². The molecule has 0 aliphatic heterocycles. The Morgan fingerprint density at radius 3 is 2.50 bits per heavy atom. The number of aromatic nitrogens is 1. The Labute approximate surface area is 131 Å². The normalized spacial score (nSPS) is 14.4. The number of anilines is 2. The summed E-state index contributed by atoms with van der Waals surface area (Å²) in [4.78, 5) is 27.7. The molecule has 1 amide bonds. The Morgan fingerprint density at radius 2 is 1.95 bits per heavy atom. The predicted octanol–water partition coefficient (Wildman–Crippen LogP) is 2.83. The molecule has 3 rings (SSSR count). The third kappa shape index (κ3) is 2.80. The molecule has 0 atom stereocenters. The van der Waals surface area contributed by atoms with Gasteiger partial charge in [0.1, 0.15) is 4.88 Å². The molecule has 0 spiro atoms. The molecule has 1 heterocycles. The lowest BCUT2D eigenvalue weighted by Crippen LogP contribution is -2.27. The zero-order valence-electron chi connectivity index (χ0n) is 11.7. The van der Waals surface area contributed by atoms with Crippen LogP contribution in [-0.4, -0.2) is 22.0 Å². The lowest BCUT2D eigenvalue weighted by Gasteiger charge is -2.23. The van der Waals surface area contributed by atoms with E-state index in [2.05, 4.69) is 10.3 Å². The van der Waals surface area contributed by atoms with Crippen LogP contribution in [-0.2, 0) is 4.79 Å². The molecule has 1 aromatic heterocycles. The van der Waals surface area contributed by atoms with Gasteiger partial charge in [0.25, 0.3) is 0 Å². The number of nitrogens with two attached hydrogens (primary N) is 1. The average Bonchev–Trinajstić information content (AvgIpc) is 2.81. The topological polar surface area (TPSA) is 105 Å². The van der Waals surface area contributed by atoms with Gasteiger partial charge in [-0.1, -0.05) is 29.9 Å². The summed E-state index contributed by atoms with van der Waals surface area (Å²) in [6, 6.07) is 6.81. The number of nitrogen functional groups attached to an aromatic ring is 1. The Hall–Kier alpha value is -2.41. The molecule has 1 aliphatic rings. The summed E-state index contributed by atoms with van der Waals surface area (Å²) >= 11 is 0.973. The molecule has 1 saturated carbocycles. The minimum atomic E-state index is -1.06. The predicted molar refractivity (Wildman–Crippen MR) is 84.9 cm³/mol. The summed E-state index contributed by atoms with van der Waals surface area (Å²) in [5.41, 5.74) is 7.24. The number of nitrogens with one attached hydrogen (secondary N) is 1. The number of benzene rings is 1. The van der Waals surface area contributed by atoms with E-state index < -0.39 is 5.97 Å². The standard InChI is InChI=1S/C15H15N3O3S/c16-10-6-4-8(5-7-10)11-12(14(20)21)22-15(17-11)18-13(19)9-2-1-3-9/h4-7,9H,1-3,16H2,(H,20,21)(H,17,18,19). The first kappa shape index (κ1) is 14.5. The van der Waals surface area contributed by atoms with E-state index in [1.807, 2.05) is 0 Å². The van der Waals surface area contributed by atoms with Gasteiger partial charge in [0.05, 0.1) is 5.69 Å². The molecule has 0 radical (unpaired) electrons. The number of carbonyl (C=O) groups excluding carboxylic acids is 1. The molecule has 2 aromatic rings. The molecule has 4 N–H and O–H groups in total. The van der Waals surface area contributed by atoms with Crippen molar-refractivity contribution in [2.75, 3.05) is 11.1 Å². The summed E-state index contributed by atoms with van der Waals surface area (Å²) in [7, 11) is 0. The van der Waals surface area contributed by atoms with Gasteiger partial charge in [-0.05, 0) is 25.0 Å². The zero-order valence-corrected chi connectivity index (χ0v) is 12.5. The molecule has 1 aromatic carbocycles. The van der Waals surface area contributed by atoms with Gasteiger partial charge in [-0.15, -0.1) is 0 Å². The van der Waals surface area contributed by atoms with Gasteiger partial charge in [0, 0.05) is 17.2 Å². The Balaban J connectivity index is 1.90. The van der Waals surface area contributed by atoms with Crippen LogP contribution in [0.4, 0.5) is 10.8 Å². The van der Waals surface area contributed by atoms with Crippen molar-refractivity contribution in [2.45, 2.75) is 19.3 Å². The fraction of sp³-hybridized carbons (Fsp3) is 0.267. The first-order valence-corrected chi connectivity index (χ1v) is 7.77. The number of carboxylic acids is 1. The Bertz CT molecular complexity index is 720. The molecule has 22 heavy (non-hydrogen) atoms. The minimum Gasteiger partial charge on any atom is -0.477 e. The molecule has 6 nitrogen and oxygen atoms in total. The number of nitrogens with zero attached hydrogens (tertiary/aromatic N) is 1. The summed E-state index contributed by atoms with van der Waals surface area (Å²) in [6.45, 7) is 0. The van der Waals surface area contributed by atoms with Crippen LogP contribution in [0, 0.1) is 5.92 Å². The second-order valence-electron chi connectivity index (χ2n) is 5.24. The molecule has 7 heteroatoms. The Kier molecular flexibility index (Phi) is 3.81. The van der Waals surface area contributed by atoms with E-state index in [0.717, 1.165) is 30.6 Å². The van der Waals surface area contributed by atoms with Crippen LogP contribution in [0.1, 0.15) is 28.9 Å². The lowest BCUT2D eigenvalue weighted by atomic mass is 9.85. The molecule has 0 bridgehead atoms. The maximum absolute atomic E-state index is 12.0. The Morgan fingerprint density at radius 1 is 1.27 bits per heavy atom. The van der Waals surface area contributed by atoms with Crippen LogP contribution in [0.3, 0.4) is 0 Å². The number of carbonyl (C=O) groups is 2. The van der Waals surface area contributed by atoms with E-state index in [9.17, 15) is 14.7 Å². The molecule has 0 saturated heterocycles. The van der Waals surface area contributed by atoms with Crippen molar-refractivity contribution in [1.29, 1.82) is 0 Å². The second kappa shape index (κ2) is 5.76. The summed E-state index contributed by atoms with van der Waals surface area (Å²) in [6.07, 6.45) is 2.83. The third-order valence-electron chi connectivity index (χ3n) is 3.71. The van der Waals surface area contributed by atoms with Crippen molar-refractivity contribution in [1.82, 2.24) is 4.98 Å². The van der Waals surface area contributed by atoms with Gasteiger partial charge in [0.15, 0.2) is 5.13 Å². The number of thiazole rings is 1. The first-order valence-electron chi connectivity index (χ1n) is 6.95. The van der Waals surface area contributed by atoms with Crippen molar-refractivity contribution in [3.8, 4) is 11.3 Å². The summed E-state index contributed by atoms with van der Waals surface area (Å²) in [5, 5.41) is 12.4. The summed E-state index contributed by atoms with van der Waals surface area (Å²) in [5.74, 6) is -1.12. The van der Waals surface area contributed by atoms with Gasteiger partial charge >= 0.3 is 5.97 Å². The van der Waals surface area contributed by atoms with Crippen molar-refractivity contribution in [3.05, 3.63) is 29.1 Å². The quantitative estimate of drug-likeness (QED) is 0.752. The van der Waals surface area contributed by atoms with Crippen molar-refractivity contribution in [2.24, 2.45) is 5.92 Å². The maximum atomic E-state index is 12.0. The number of hydrogen-bond donors (Lipinski definition) is 3. The fourth-order valence-corrected chi connectivity index (χ4v) is 3.06. The third-order valence-corrected chi connectivity index (χ3v) is 4.67. The molecule has 1 aliphatic carbocycles. The van der Waals surface area contributed by atoms with Gasteiger partial charge in [-0.3, -0.25) is 4.79 Å². The molecular weight excluding hydrogens is 302 g/mol. The number of hydrogen-bond acceptors (Lipinski definition) is 5. The number of rotatable bonds is 4. The highest BCUT2D eigenvalue weighted by Gasteiger charge is 2.27. The number of carboxylic acid groups (broad SMARTS) is 1. The zero-order chi connectivity index (χ0) is 15.7. The van der Waals surface area contributed by atoms with E-state index >= 15 is 0 Å². The van der Waals surface area contributed by atoms with Crippen LogP contribution < -0.4 is 11.1 Å². The fourth-order valence-electron chi connectivity index (χ4n) is 2.23. The van der Waals surface area contributed by atoms with E-state index in [1.54, 1.807) is 24.3 Å². The maximum Gasteiger partial charge on any atom is 0.348 e. The van der Waals surface area contributed by atoms with Crippen LogP contribution in [0.5, 0.6) is 0 Å². The second-order valence-corrected chi connectivity index (χ2v) is 6.24. The first-order chi connectivity index (χ1) is 10.5. The number of aromatic carboxylic acids is 1. The average molecular weight is 317 g/mol. The van der Waals surface area contributed by atoms with Gasteiger partial charge in [0.2, 0.25) is 5.91 Å². The van der Waals surface area contributed by atoms with Crippen LogP contribution in [0.25, 0.3) is 11.3 Å². The number of amides is 1. The molecule has 114 valence electrons. The van der Waals surface area contributed by atoms with E-state index in [1.165, 1.54) is 0 Å².